The molecule has 1 unspecified atom stereocenters. The number of likely N-dealkylation sites (N-methyl/N-ethyl adjacent to an activating group) is 1. The molecule has 1 N–H and O–H groups in total. The van der Waals surface area contributed by atoms with Crippen LogP contribution in [0.2, 0.25) is 0 Å². The van der Waals surface area contributed by atoms with Crippen LogP contribution in [0.3, 0.4) is 0 Å². The molecule has 0 spiro atoms. The van der Waals surface area contributed by atoms with Crippen molar-refractivity contribution in [2.24, 2.45) is 0 Å². The fraction of sp³-hybridized carbons (Fsp3) is 0.667. The number of carbonyl (C=O) groups is 1. The Kier molecular flexibility index (Phi) is 4.32. The Hall–Kier alpha value is -0.480. The molecule has 3 nitrogen and oxygen atoms in total. The van der Waals surface area contributed by atoms with Crippen LogP contribution in [0.25, 0.3) is 0 Å². The van der Waals surface area contributed by atoms with Gasteiger partial charge in [0.2, 0.25) is 0 Å². The Morgan fingerprint density at radius 3 is 3.08 bits per heavy atom. The molecule has 1 saturated heterocycles. The van der Waals surface area contributed by atoms with E-state index in [1.165, 1.54) is 24.0 Å². The van der Waals surface area contributed by atoms with Crippen molar-refractivity contribution in [2.75, 3.05) is 25.1 Å². The van der Waals surface area contributed by atoms with Gasteiger partial charge in [0.25, 0.3) is 0 Å². The Labute approximate surface area is 82.8 Å². The summed E-state index contributed by atoms with van der Waals surface area (Å²) < 4.78 is 0. The van der Waals surface area contributed by atoms with E-state index in [1.807, 2.05) is 18.8 Å². The zero-order valence-electron chi connectivity index (χ0n) is 7.77. The first kappa shape index (κ1) is 10.6. The van der Waals surface area contributed by atoms with Gasteiger partial charge >= 0.3 is 5.97 Å². The van der Waals surface area contributed by atoms with E-state index in [0.29, 0.717) is 6.04 Å². The largest absolute Gasteiger partial charge is 0.478 e. The normalized spacial score (nSPS) is 23.1. The Balaban J connectivity index is 2.23. The molecule has 1 fully saturated rings. The highest BCUT2D eigenvalue weighted by molar-refractivity contribution is 7.99. The molecule has 0 aromatic heterocycles. The van der Waals surface area contributed by atoms with Crippen LogP contribution in [0.5, 0.6) is 0 Å². The minimum absolute atomic E-state index is 0.628. The lowest BCUT2D eigenvalue weighted by Gasteiger charge is -2.21. The summed E-state index contributed by atoms with van der Waals surface area (Å²) in [5, 5.41) is 8.38. The van der Waals surface area contributed by atoms with Crippen molar-refractivity contribution >= 4 is 17.7 Å². The lowest BCUT2D eigenvalue weighted by Crippen LogP contribution is -2.31. The van der Waals surface area contributed by atoms with Crippen molar-refractivity contribution in [3.05, 3.63) is 12.2 Å². The van der Waals surface area contributed by atoms with Crippen LogP contribution in [0.1, 0.15) is 6.42 Å². The SMILES string of the molecule is CN(CC=CC(=O)O)C1CCSC1. The molecule has 13 heavy (non-hydrogen) atoms. The summed E-state index contributed by atoms with van der Waals surface area (Å²) >= 11 is 1.97. The number of carboxylic acids is 1. The third kappa shape index (κ3) is 3.83. The van der Waals surface area contributed by atoms with E-state index in [0.717, 1.165) is 6.54 Å². The molecular weight excluding hydrogens is 186 g/mol. The third-order valence-electron chi connectivity index (χ3n) is 2.18. The van der Waals surface area contributed by atoms with Crippen LogP contribution in [0, 0.1) is 0 Å². The summed E-state index contributed by atoms with van der Waals surface area (Å²) in [5.74, 6) is 1.55. The summed E-state index contributed by atoms with van der Waals surface area (Å²) in [6.45, 7) is 0.734. The maximum absolute atomic E-state index is 10.2. The first-order valence-corrected chi connectivity index (χ1v) is 5.53. The summed E-state index contributed by atoms with van der Waals surface area (Å²) in [7, 11) is 2.04. The molecule has 4 heteroatoms. The van der Waals surface area contributed by atoms with Crippen molar-refractivity contribution in [1.82, 2.24) is 4.90 Å². The van der Waals surface area contributed by atoms with Crippen molar-refractivity contribution in [1.29, 1.82) is 0 Å². The monoisotopic (exact) mass is 201 g/mol. The van der Waals surface area contributed by atoms with Gasteiger partial charge in [0.15, 0.2) is 0 Å². The molecule has 74 valence electrons. The fourth-order valence-electron chi connectivity index (χ4n) is 1.34. The zero-order valence-corrected chi connectivity index (χ0v) is 8.59. The van der Waals surface area contributed by atoms with E-state index in [1.54, 1.807) is 6.08 Å². The molecule has 1 atom stereocenters. The van der Waals surface area contributed by atoms with Crippen LogP contribution in [-0.2, 0) is 4.79 Å². The molecule has 0 aromatic carbocycles. The van der Waals surface area contributed by atoms with E-state index < -0.39 is 5.97 Å². The zero-order chi connectivity index (χ0) is 9.68. The number of thioether (sulfide) groups is 1. The molecule has 1 aliphatic heterocycles. The van der Waals surface area contributed by atoms with Gasteiger partial charge in [-0.1, -0.05) is 6.08 Å². The highest BCUT2D eigenvalue weighted by Gasteiger charge is 2.18. The van der Waals surface area contributed by atoms with Gasteiger partial charge < -0.3 is 5.11 Å². The van der Waals surface area contributed by atoms with Gasteiger partial charge in [-0.2, -0.15) is 11.8 Å². The highest BCUT2D eigenvalue weighted by Crippen LogP contribution is 2.20. The number of carboxylic acid groups (broad SMARTS) is 1. The second-order valence-electron chi connectivity index (χ2n) is 3.20. The molecule has 1 aliphatic rings. The molecule has 0 saturated carbocycles. The van der Waals surface area contributed by atoms with Gasteiger partial charge in [0.05, 0.1) is 0 Å². The van der Waals surface area contributed by atoms with Crippen LogP contribution < -0.4 is 0 Å². The molecule has 0 bridgehead atoms. The minimum Gasteiger partial charge on any atom is -0.478 e. The van der Waals surface area contributed by atoms with Gasteiger partial charge in [0.1, 0.15) is 0 Å². The summed E-state index contributed by atoms with van der Waals surface area (Å²) in [5.41, 5.74) is 0. The standard InChI is InChI=1S/C9H15NO2S/c1-10(5-2-3-9(11)12)8-4-6-13-7-8/h2-3,8H,4-7H2,1H3,(H,11,12). The summed E-state index contributed by atoms with van der Waals surface area (Å²) in [6, 6.07) is 0.628. The Morgan fingerprint density at radius 2 is 2.54 bits per heavy atom. The van der Waals surface area contributed by atoms with E-state index in [2.05, 4.69) is 4.90 Å². The summed E-state index contributed by atoms with van der Waals surface area (Å²) in [6.07, 6.45) is 4.13. The van der Waals surface area contributed by atoms with E-state index in [9.17, 15) is 4.79 Å². The van der Waals surface area contributed by atoms with Crippen molar-refractivity contribution < 1.29 is 9.90 Å². The lowest BCUT2D eigenvalue weighted by atomic mass is 10.2. The first-order chi connectivity index (χ1) is 6.20. The topological polar surface area (TPSA) is 40.5 Å². The first-order valence-electron chi connectivity index (χ1n) is 4.37. The molecule has 1 rings (SSSR count). The van der Waals surface area contributed by atoms with Crippen LogP contribution >= 0.6 is 11.8 Å². The van der Waals surface area contributed by atoms with E-state index in [4.69, 9.17) is 5.11 Å². The summed E-state index contributed by atoms with van der Waals surface area (Å²) in [4.78, 5) is 12.4. The quantitative estimate of drug-likeness (QED) is 0.691. The van der Waals surface area contributed by atoms with Gasteiger partial charge in [-0.05, 0) is 19.2 Å². The molecule has 0 aliphatic carbocycles. The maximum atomic E-state index is 10.2. The van der Waals surface area contributed by atoms with E-state index >= 15 is 0 Å². The average Bonchev–Trinajstić information content (AvgIpc) is 2.55. The highest BCUT2D eigenvalue weighted by atomic mass is 32.2. The predicted octanol–water partition coefficient (Wildman–Crippen LogP) is 1.06. The minimum atomic E-state index is -0.866. The molecular formula is C9H15NO2S. The smallest absolute Gasteiger partial charge is 0.328 e. The molecule has 0 amide bonds. The van der Waals surface area contributed by atoms with Crippen LogP contribution in [0.4, 0.5) is 0 Å². The van der Waals surface area contributed by atoms with Crippen LogP contribution in [-0.4, -0.2) is 47.1 Å². The second kappa shape index (κ2) is 5.29. The molecule has 0 radical (unpaired) electrons. The number of aliphatic carboxylic acids is 1. The Bertz CT molecular complexity index is 200. The van der Waals surface area contributed by atoms with Gasteiger partial charge in [-0.15, -0.1) is 0 Å². The van der Waals surface area contributed by atoms with Gasteiger partial charge in [-0.3, -0.25) is 4.90 Å². The van der Waals surface area contributed by atoms with Crippen LogP contribution in [0.15, 0.2) is 12.2 Å². The fourth-order valence-corrected chi connectivity index (χ4v) is 2.64. The molecule has 1 heterocycles. The lowest BCUT2D eigenvalue weighted by molar-refractivity contribution is -0.131. The van der Waals surface area contributed by atoms with Crippen molar-refractivity contribution in [3.63, 3.8) is 0 Å². The van der Waals surface area contributed by atoms with Crippen molar-refractivity contribution in [3.8, 4) is 0 Å². The van der Waals surface area contributed by atoms with Gasteiger partial charge in [0, 0.05) is 24.4 Å². The second-order valence-corrected chi connectivity index (χ2v) is 4.35. The third-order valence-corrected chi connectivity index (χ3v) is 3.33. The number of hydrogen-bond acceptors (Lipinski definition) is 3. The van der Waals surface area contributed by atoms with Gasteiger partial charge in [-0.25, -0.2) is 4.79 Å². The van der Waals surface area contributed by atoms with E-state index in [-0.39, 0.29) is 0 Å². The predicted molar refractivity (Wildman–Crippen MR) is 55.1 cm³/mol. The number of hydrogen-bond donors (Lipinski definition) is 1. The average molecular weight is 201 g/mol. The molecule has 0 aromatic rings. The Morgan fingerprint density at radius 1 is 1.77 bits per heavy atom. The van der Waals surface area contributed by atoms with Crippen molar-refractivity contribution in [2.45, 2.75) is 12.5 Å². The number of nitrogens with zero attached hydrogens (tertiary/aromatic N) is 1. The number of rotatable bonds is 4. The maximum Gasteiger partial charge on any atom is 0.328 e.